The van der Waals surface area contributed by atoms with Crippen LogP contribution < -0.4 is 0 Å². The molecule has 1 heterocycles. The van der Waals surface area contributed by atoms with Gasteiger partial charge in [0.2, 0.25) is 0 Å². The zero-order valence-corrected chi connectivity index (χ0v) is 25.3. The van der Waals surface area contributed by atoms with Crippen LogP contribution in [0.1, 0.15) is 75.7 Å². The number of carbonyl (C=O) groups excluding carboxylic acids is 4. The number of ether oxygens (including phenoxy) is 5. The van der Waals surface area contributed by atoms with Crippen LogP contribution in [0, 0.1) is 23.7 Å². The van der Waals surface area contributed by atoms with Crippen molar-refractivity contribution in [3.8, 4) is 0 Å². The lowest BCUT2D eigenvalue weighted by molar-refractivity contribution is -0.187. The number of epoxide rings is 1. The molecule has 0 bridgehead atoms. The van der Waals surface area contributed by atoms with Crippen molar-refractivity contribution in [1.29, 1.82) is 0 Å². The molecule has 8 atom stereocenters. The van der Waals surface area contributed by atoms with E-state index in [-0.39, 0.29) is 12.0 Å². The van der Waals surface area contributed by atoms with E-state index < -0.39 is 95.4 Å². The Hall–Kier alpha value is -2.50. The SMILES string of the molecule is C=C(C(CC(OC(=O)C(C)C)C(C)(C)O)OC(=O)C(C)C)C1C(O)C2OC2(C)C(OC(C)=O)C1OC(=O)C(C)C. The molecule has 11 nitrogen and oxygen atoms in total. The molecule has 1 saturated heterocycles. The Labute approximate surface area is 236 Å². The number of hydrogen-bond acceptors (Lipinski definition) is 11. The van der Waals surface area contributed by atoms with E-state index in [4.69, 9.17) is 23.7 Å². The van der Waals surface area contributed by atoms with Crippen LogP contribution in [0.5, 0.6) is 0 Å². The first kappa shape index (κ1) is 33.7. The van der Waals surface area contributed by atoms with Gasteiger partial charge in [-0.15, -0.1) is 0 Å². The number of hydrogen-bond donors (Lipinski definition) is 2. The molecule has 2 aliphatic rings. The summed E-state index contributed by atoms with van der Waals surface area (Å²) in [4.78, 5) is 50.1. The number of rotatable bonds is 12. The molecule has 1 aliphatic carbocycles. The molecule has 8 unspecified atom stereocenters. The van der Waals surface area contributed by atoms with Gasteiger partial charge in [0, 0.05) is 13.3 Å². The van der Waals surface area contributed by atoms with Crippen molar-refractivity contribution in [2.24, 2.45) is 23.7 Å². The van der Waals surface area contributed by atoms with E-state index in [1.807, 2.05) is 0 Å². The Morgan fingerprint density at radius 2 is 1.43 bits per heavy atom. The maximum absolute atomic E-state index is 12.8. The van der Waals surface area contributed by atoms with Crippen LogP contribution >= 0.6 is 0 Å². The third-order valence-corrected chi connectivity index (χ3v) is 7.32. The predicted octanol–water partition coefficient (Wildman–Crippen LogP) is 2.49. The van der Waals surface area contributed by atoms with Crippen molar-refractivity contribution in [2.75, 3.05) is 0 Å². The lowest BCUT2D eigenvalue weighted by Crippen LogP contribution is -2.59. The van der Waals surface area contributed by atoms with Crippen molar-refractivity contribution in [3.63, 3.8) is 0 Å². The summed E-state index contributed by atoms with van der Waals surface area (Å²) in [7, 11) is 0. The van der Waals surface area contributed by atoms with Gasteiger partial charge in [0.05, 0.1) is 35.4 Å². The molecule has 1 aliphatic heterocycles. The monoisotopic (exact) mass is 570 g/mol. The van der Waals surface area contributed by atoms with Gasteiger partial charge in [-0.3, -0.25) is 19.2 Å². The lowest BCUT2D eigenvalue weighted by atomic mass is 9.71. The molecule has 2 N–H and O–H groups in total. The van der Waals surface area contributed by atoms with Gasteiger partial charge in [0.25, 0.3) is 0 Å². The summed E-state index contributed by atoms with van der Waals surface area (Å²) in [5, 5.41) is 22.3. The fourth-order valence-corrected chi connectivity index (χ4v) is 4.69. The summed E-state index contributed by atoms with van der Waals surface area (Å²) in [5.41, 5.74) is -2.52. The largest absolute Gasteiger partial charge is 0.459 e. The quantitative estimate of drug-likeness (QED) is 0.154. The molecule has 40 heavy (non-hydrogen) atoms. The molecule has 1 saturated carbocycles. The number of carbonyl (C=O) groups is 4. The van der Waals surface area contributed by atoms with Crippen LogP contribution in [0.25, 0.3) is 0 Å². The Balaban J connectivity index is 2.57. The van der Waals surface area contributed by atoms with Crippen LogP contribution in [0.3, 0.4) is 0 Å². The second kappa shape index (κ2) is 12.6. The van der Waals surface area contributed by atoms with Crippen LogP contribution in [0.2, 0.25) is 0 Å². The summed E-state index contributed by atoms with van der Waals surface area (Å²) in [5.74, 6) is -5.07. The highest BCUT2D eigenvalue weighted by Gasteiger charge is 2.72. The van der Waals surface area contributed by atoms with Crippen LogP contribution in [0.15, 0.2) is 12.2 Å². The van der Waals surface area contributed by atoms with Gasteiger partial charge in [-0.2, -0.15) is 0 Å². The molecule has 0 amide bonds. The summed E-state index contributed by atoms with van der Waals surface area (Å²) >= 11 is 0. The first-order valence-electron chi connectivity index (χ1n) is 13.8. The number of aliphatic hydroxyl groups excluding tert-OH is 1. The van der Waals surface area contributed by atoms with Gasteiger partial charge in [-0.1, -0.05) is 48.1 Å². The third-order valence-electron chi connectivity index (χ3n) is 7.32. The van der Waals surface area contributed by atoms with E-state index in [0.717, 1.165) is 0 Å². The highest BCUT2D eigenvalue weighted by atomic mass is 16.7. The molecule has 0 radical (unpaired) electrons. The minimum absolute atomic E-state index is 0.132. The molecule has 0 spiro atoms. The van der Waals surface area contributed by atoms with Gasteiger partial charge < -0.3 is 33.9 Å². The van der Waals surface area contributed by atoms with E-state index in [2.05, 4.69) is 6.58 Å². The second-order valence-electron chi connectivity index (χ2n) is 12.4. The van der Waals surface area contributed by atoms with Gasteiger partial charge >= 0.3 is 23.9 Å². The molecular formula is C29H46O11. The second-order valence-corrected chi connectivity index (χ2v) is 12.4. The minimum atomic E-state index is -1.54. The van der Waals surface area contributed by atoms with Crippen molar-refractivity contribution < 1.29 is 53.1 Å². The zero-order chi connectivity index (χ0) is 30.9. The standard InChI is InChI=1S/C29H46O11/c1-13(2)25(32)37-18(12-19(28(9,10)35)38-26(33)14(3)4)16(7)20-21(31)23-29(11,40-23)24(36-17(8)30)22(20)39-27(34)15(5)6/h13-15,18-24,31,35H,7,12H2,1-6,8-11H3. The van der Waals surface area contributed by atoms with Gasteiger partial charge in [-0.05, 0) is 26.3 Å². The van der Waals surface area contributed by atoms with E-state index in [9.17, 15) is 29.4 Å². The minimum Gasteiger partial charge on any atom is -0.459 e. The number of aliphatic hydroxyl groups is 2. The van der Waals surface area contributed by atoms with Crippen LogP contribution in [0.4, 0.5) is 0 Å². The molecule has 228 valence electrons. The topological polar surface area (TPSA) is 158 Å². The van der Waals surface area contributed by atoms with Crippen molar-refractivity contribution in [1.82, 2.24) is 0 Å². The first-order chi connectivity index (χ1) is 18.2. The average Bonchev–Trinajstić information content (AvgIpc) is 3.52. The number of fused-ring (bicyclic) bond motifs is 1. The Bertz CT molecular complexity index is 979. The maximum Gasteiger partial charge on any atom is 0.308 e. The van der Waals surface area contributed by atoms with Crippen molar-refractivity contribution in [3.05, 3.63) is 12.2 Å². The fraction of sp³-hybridized carbons (Fsp3) is 0.793. The summed E-state index contributed by atoms with van der Waals surface area (Å²) in [6.45, 7) is 19.7. The molecule has 11 heteroatoms. The highest BCUT2D eigenvalue weighted by molar-refractivity contribution is 5.73. The molecule has 2 rings (SSSR count). The molecular weight excluding hydrogens is 524 g/mol. The normalized spacial score (nSPS) is 29.3. The first-order valence-corrected chi connectivity index (χ1v) is 13.8. The van der Waals surface area contributed by atoms with Gasteiger partial charge in [-0.25, -0.2) is 0 Å². The number of esters is 4. The van der Waals surface area contributed by atoms with Gasteiger partial charge in [0.1, 0.15) is 23.9 Å². The van der Waals surface area contributed by atoms with E-state index >= 15 is 0 Å². The summed E-state index contributed by atoms with van der Waals surface area (Å²) < 4.78 is 28.5. The Morgan fingerprint density at radius 3 is 1.88 bits per heavy atom. The Morgan fingerprint density at radius 1 is 0.925 bits per heavy atom. The van der Waals surface area contributed by atoms with E-state index in [1.54, 1.807) is 48.5 Å². The smallest absolute Gasteiger partial charge is 0.308 e. The lowest BCUT2D eigenvalue weighted by Gasteiger charge is -2.43. The zero-order valence-electron chi connectivity index (χ0n) is 25.3. The molecule has 2 fully saturated rings. The van der Waals surface area contributed by atoms with Crippen molar-refractivity contribution >= 4 is 23.9 Å². The highest BCUT2D eigenvalue weighted by Crippen LogP contribution is 2.54. The molecule has 0 aromatic carbocycles. The van der Waals surface area contributed by atoms with E-state index in [0.29, 0.717) is 0 Å². The average molecular weight is 571 g/mol. The molecule has 0 aromatic heterocycles. The van der Waals surface area contributed by atoms with E-state index in [1.165, 1.54) is 20.8 Å². The molecule has 0 aromatic rings. The summed E-state index contributed by atoms with van der Waals surface area (Å²) in [6, 6.07) is 0. The van der Waals surface area contributed by atoms with Gasteiger partial charge in [0.15, 0.2) is 12.2 Å². The van der Waals surface area contributed by atoms with Crippen molar-refractivity contribution in [2.45, 2.75) is 123 Å². The fourth-order valence-electron chi connectivity index (χ4n) is 4.69. The van der Waals surface area contributed by atoms with Crippen LogP contribution in [-0.2, 0) is 42.9 Å². The third kappa shape index (κ3) is 7.61. The Kier molecular flexibility index (Phi) is 10.6. The predicted molar refractivity (Wildman–Crippen MR) is 143 cm³/mol. The maximum atomic E-state index is 12.8. The van der Waals surface area contributed by atoms with Crippen LogP contribution in [-0.4, -0.2) is 81.9 Å². The summed E-state index contributed by atoms with van der Waals surface area (Å²) in [6.07, 6.45) is -6.89.